The zero-order valence-corrected chi connectivity index (χ0v) is 24.9. The van der Waals surface area contributed by atoms with Crippen molar-refractivity contribution < 1.29 is 14.3 Å². The minimum absolute atomic E-state index is 0.00921. The van der Waals surface area contributed by atoms with Gasteiger partial charge in [0.15, 0.2) is 0 Å². The van der Waals surface area contributed by atoms with Gasteiger partial charge in [0.05, 0.1) is 12.6 Å². The quantitative estimate of drug-likeness (QED) is 0.349. The number of amides is 2. The lowest BCUT2D eigenvalue weighted by Crippen LogP contribution is -2.61. The molecule has 8 heteroatoms. The van der Waals surface area contributed by atoms with Crippen molar-refractivity contribution >= 4 is 40.6 Å². The van der Waals surface area contributed by atoms with Gasteiger partial charge in [-0.3, -0.25) is 9.59 Å². The van der Waals surface area contributed by atoms with Gasteiger partial charge >= 0.3 is 0 Å². The van der Waals surface area contributed by atoms with Crippen molar-refractivity contribution in [3.63, 3.8) is 0 Å². The number of nitrogens with zero attached hydrogens (tertiary/aromatic N) is 2. The molecule has 0 spiro atoms. The van der Waals surface area contributed by atoms with E-state index in [1.807, 2.05) is 35.0 Å². The average Bonchev–Trinajstić information content (AvgIpc) is 2.95. The van der Waals surface area contributed by atoms with Crippen molar-refractivity contribution in [2.24, 2.45) is 0 Å². The molecule has 1 fully saturated rings. The molecule has 3 aromatic rings. The van der Waals surface area contributed by atoms with Gasteiger partial charge in [-0.25, -0.2) is 0 Å². The second kappa shape index (κ2) is 13.1. The SMILES string of the molecule is CC(=O)N1CC2CC(c3ccc(CCOc4cc(Cl)cc(Cl)c4)cc3)=C(C(=O)N(C)CCc3ccccc3)C(C1)N2. The molecule has 0 aliphatic carbocycles. The van der Waals surface area contributed by atoms with Crippen LogP contribution in [-0.2, 0) is 22.4 Å². The number of rotatable bonds is 9. The molecule has 3 aromatic carbocycles. The van der Waals surface area contributed by atoms with Crippen LogP contribution < -0.4 is 10.1 Å². The zero-order chi connectivity index (χ0) is 28.9. The molecule has 1 N–H and O–H groups in total. The number of hydrogen-bond acceptors (Lipinski definition) is 4. The Labute approximate surface area is 251 Å². The molecule has 6 nitrogen and oxygen atoms in total. The number of ether oxygens (including phenoxy) is 1. The van der Waals surface area contributed by atoms with E-state index in [-0.39, 0.29) is 23.9 Å². The lowest BCUT2D eigenvalue weighted by Gasteiger charge is -2.44. The third-order valence-electron chi connectivity index (χ3n) is 7.80. The van der Waals surface area contributed by atoms with Crippen LogP contribution in [0.5, 0.6) is 5.75 Å². The Morgan fingerprint density at radius 3 is 2.32 bits per heavy atom. The van der Waals surface area contributed by atoms with Crippen molar-refractivity contribution in [1.82, 2.24) is 15.1 Å². The number of carbonyl (C=O) groups excluding carboxylic acids is 2. The molecule has 2 bridgehead atoms. The van der Waals surface area contributed by atoms with Gasteiger partial charge in [0, 0.05) is 61.7 Å². The standard InChI is InChI=1S/C33H35Cl2N3O3/c1-22(39)38-20-28-19-30(25-10-8-24(9-11-25)13-15-41-29-17-26(34)16-27(35)18-29)32(31(21-38)36-28)33(40)37(2)14-12-23-6-4-3-5-7-23/h3-11,16-18,28,31,36H,12-15,19-21H2,1-2H3. The van der Waals surface area contributed by atoms with Gasteiger partial charge < -0.3 is 19.9 Å². The van der Waals surface area contributed by atoms with Crippen LogP contribution in [0.15, 0.2) is 78.4 Å². The first-order chi connectivity index (χ1) is 19.8. The van der Waals surface area contributed by atoms with Crippen LogP contribution in [0.3, 0.4) is 0 Å². The smallest absolute Gasteiger partial charge is 0.251 e. The lowest BCUT2D eigenvalue weighted by molar-refractivity contribution is -0.132. The maximum Gasteiger partial charge on any atom is 0.251 e. The summed E-state index contributed by atoms with van der Waals surface area (Å²) < 4.78 is 5.86. The molecule has 214 valence electrons. The van der Waals surface area contributed by atoms with Crippen LogP contribution in [0, 0.1) is 0 Å². The molecule has 2 amide bonds. The highest BCUT2D eigenvalue weighted by Crippen LogP contribution is 2.34. The first kappa shape index (κ1) is 29.2. The van der Waals surface area contributed by atoms with Gasteiger partial charge in [0.25, 0.3) is 5.91 Å². The van der Waals surface area contributed by atoms with E-state index in [1.54, 1.807) is 25.1 Å². The molecule has 2 aliphatic rings. The molecule has 2 atom stereocenters. The third-order valence-corrected chi connectivity index (χ3v) is 8.24. The number of fused-ring (bicyclic) bond motifs is 2. The molecule has 2 unspecified atom stereocenters. The van der Waals surface area contributed by atoms with Crippen molar-refractivity contribution in [2.45, 2.75) is 38.3 Å². The van der Waals surface area contributed by atoms with E-state index in [9.17, 15) is 9.59 Å². The van der Waals surface area contributed by atoms with Gasteiger partial charge in [0.1, 0.15) is 5.75 Å². The van der Waals surface area contributed by atoms with Crippen molar-refractivity contribution in [2.75, 3.05) is 33.3 Å². The van der Waals surface area contributed by atoms with Crippen molar-refractivity contribution in [1.29, 1.82) is 0 Å². The van der Waals surface area contributed by atoms with Crippen molar-refractivity contribution in [3.05, 3.63) is 105 Å². The number of nitrogens with one attached hydrogen (secondary N) is 1. The Balaban J connectivity index is 1.34. The third kappa shape index (κ3) is 7.31. The summed E-state index contributed by atoms with van der Waals surface area (Å²) in [6.45, 7) is 3.84. The first-order valence-corrected chi connectivity index (χ1v) is 14.7. The van der Waals surface area contributed by atoms with E-state index in [2.05, 4.69) is 41.7 Å². The highest BCUT2D eigenvalue weighted by Gasteiger charge is 2.39. The molecule has 0 aromatic heterocycles. The van der Waals surface area contributed by atoms with Crippen LogP contribution in [0.25, 0.3) is 5.57 Å². The predicted octanol–water partition coefficient (Wildman–Crippen LogP) is 5.66. The second-order valence-electron chi connectivity index (χ2n) is 10.8. The summed E-state index contributed by atoms with van der Waals surface area (Å²) >= 11 is 12.2. The maximum absolute atomic E-state index is 14.0. The van der Waals surface area contributed by atoms with Crippen LogP contribution in [-0.4, -0.2) is 67.0 Å². The van der Waals surface area contributed by atoms with Gasteiger partial charge in [-0.2, -0.15) is 0 Å². The van der Waals surface area contributed by atoms with E-state index in [1.165, 1.54) is 5.56 Å². The van der Waals surface area contributed by atoms with E-state index >= 15 is 0 Å². The fourth-order valence-electron chi connectivity index (χ4n) is 5.64. The summed E-state index contributed by atoms with van der Waals surface area (Å²) in [6.07, 6.45) is 2.19. The fourth-order valence-corrected chi connectivity index (χ4v) is 6.15. The van der Waals surface area contributed by atoms with Crippen LogP contribution in [0.2, 0.25) is 10.0 Å². The van der Waals surface area contributed by atoms with E-state index in [0.717, 1.165) is 35.1 Å². The normalized spacial score (nSPS) is 18.3. The first-order valence-electron chi connectivity index (χ1n) is 14.0. The number of hydrogen-bond donors (Lipinski definition) is 1. The number of likely N-dealkylation sites (N-methyl/N-ethyl adjacent to an activating group) is 1. The Morgan fingerprint density at radius 2 is 1.63 bits per heavy atom. The minimum Gasteiger partial charge on any atom is -0.493 e. The van der Waals surface area contributed by atoms with E-state index in [4.69, 9.17) is 27.9 Å². The molecular formula is C33H35Cl2N3O3. The summed E-state index contributed by atoms with van der Waals surface area (Å²) in [5.74, 6) is 0.695. The molecular weight excluding hydrogens is 557 g/mol. The summed E-state index contributed by atoms with van der Waals surface area (Å²) in [4.78, 5) is 29.9. The Kier molecular flexibility index (Phi) is 9.33. The molecule has 2 aliphatic heterocycles. The summed E-state index contributed by atoms with van der Waals surface area (Å²) in [6, 6.07) is 23.7. The molecule has 5 rings (SSSR count). The minimum atomic E-state index is -0.203. The molecule has 1 saturated heterocycles. The van der Waals surface area contributed by atoms with E-state index < -0.39 is 0 Å². The molecule has 2 heterocycles. The van der Waals surface area contributed by atoms with Gasteiger partial charge in [-0.1, -0.05) is 77.8 Å². The highest BCUT2D eigenvalue weighted by molar-refractivity contribution is 6.34. The molecule has 0 saturated carbocycles. The highest BCUT2D eigenvalue weighted by atomic mass is 35.5. The topological polar surface area (TPSA) is 61.9 Å². The molecule has 41 heavy (non-hydrogen) atoms. The maximum atomic E-state index is 14.0. The predicted molar refractivity (Wildman–Crippen MR) is 164 cm³/mol. The zero-order valence-electron chi connectivity index (χ0n) is 23.4. The number of halogens is 2. The average molecular weight is 593 g/mol. The van der Waals surface area contributed by atoms with Gasteiger partial charge in [-0.05, 0) is 53.3 Å². The van der Waals surface area contributed by atoms with Gasteiger partial charge in [-0.15, -0.1) is 0 Å². The number of carbonyl (C=O) groups is 2. The summed E-state index contributed by atoms with van der Waals surface area (Å²) in [5, 5.41) is 4.71. The van der Waals surface area contributed by atoms with Crippen molar-refractivity contribution in [3.8, 4) is 5.75 Å². The Bertz CT molecular complexity index is 1410. The number of piperazine rings is 1. The second-order valence-corrected chi connectivity index (χ2v) is 11.7. The van der Waals surface area contributed by atoms with Crippen LogP contribution in [0.1, 0.15) is 30.0 Å². The van der Waals surface area contributed by atoms with E-state index in [0.29, 0.717) is 48.5 Å². The van der Waals surface area contributed by atoms with Crippen LogP contribution in [0.4, 0.5) is 0 Å². The summed E-state index contributed by atoms with van der Waals surface area (Å²) in [5.41, 5.74) is 5.20. The molecule has 0 radical (unpaired) electrons. The number of benzene rings is 3. The largest absolute Gasteiger partial charge is 0.493 e. The summed E-state index contributed by atoms with van der Waals surface area (Å²) in [7, 11) is 1.86. The van der Waals surface area contributed by atoms with Crippen LogP contribution >= 0.6 is 23.2 Å². The van der Waals surface area contributed by atoms with Gasteiger partial charge in [0.2, 0.25) is 5.91 Å². The monoisotopic (exact) mass is 591 g/mol. The Hall–Kier alpha value is -3.32. The lowest BCUT2D eigenvalue weighted by atomic mass is 9.82. The Morgan fingerprint density at radius 1 is 0.951 bits per heavy atom. The fraction of sp³-hybridized carbons (Fsp3) is 0.333.